The topological polar surface area (TPSA) is 69.1 Å². The third-order valence-electron chi connectivity index (χ3n) is 3.10. The van der Waals surface area contributed by atoms with E-state index in [0.29, 0.717) is 16.8 Å². The Bertz CT molecular complexity index is 555. The highest BCUT2D eigenvalue weighted by Gasteiger charge is 2.29. The highest BCUT2D eigenvalue weighted by atomic mass is 16.4. The van der Waals surface area contributed by atoms with Crippen LogP contribution in [0.25, 0.3) is 11.1 Å². The molecule has 1 aliphatic rings. The number of fused-ring (bicyclic) bond motifs is 1. The number of ketones is 1. The Morgan fingerprint density at radius 2 is 2.25 bits per heavy atom. The average molecular weight is 216 g/mol. The van der Waals surface area contributed by atoms with Gasteiger partial charge in [0.25, 0.3) is 5.89 Å². The second-order valence-corrected chi connectivity index (χ2v) is 4.24. The lowest BCUT2D eigenvalue weighted by Gasteiger charge is -2.21. The van der Waals surface area contributed by atoms with Crippen molar-refractivity contribution in [2.24, 2.45) is 5.92 Å². The number of hydrogen-bond donors (Lipinski definition) is 1. The van der Waals surface area contributed by atoms with E-state index in [1.807, 2.05) is 0 Å². The maximum Gasteiger partial charge on any atom is 0.264 e. The number of Topliss-reactive ketones (excluding diaryl/α,β-unsaturated/α-hetero) is 1. The summed E-state index contributed by atoms with van der Waals surface area (Å²) in [5, 5.41) is 0. The molecule has 1 saturated carbocycles. The van der Waals surface area contributed by atoms with Gasteiger partial charge in [0.2, 0.25) is 5.78 Å². The van der Waals surface area contributed by atoms with Crippen LogP contribution in [0.15, 0.2) is 22.6 Å². The fourth-order valence-electron chi connectivity index (χ4n) is 1.89. The van der Waals surface area contributed by atoms with Crippen LogP contribution in [0.1, 0.15) is 29.9 Å². The lowest BCUT2D eigenvalue weighted by Crippen LogP contribution is -2.22. The maximum absolute atomic E-state index is 11.9. The summed E-state index contributed by atoms with van der Waals surface area (Å²) in [5.41, 5.74) is 7.55. The van der Waals surface area contributed by atoms with Crippen LogP contribution >= 0.6 is 0 Å². The highest BCUT2D eigenvalue weighted by Crippen LogP contribution is 2.30. The predicted octanol–water partition coefficient (Wildman–Crippen LogP) is 2.39. The lowest BCUT2D eigenvalue weighted by atomic mass is 9.82. The van der Waals surface area contributed by atoms with E-state index in [1.165, 1.54) is 0 Å². The van der Waals surface area contributed by atoms with Crippen molar-refractivity contribution in [3.05, 3.63) is 24.1 Å². The summed E-state index contributed by atoms with van der Waals surface area (Å²) in [7, 11) is 0. The summed E-state index contributed by atoms with van der Waals surface area (Å²) < 4.78 is 5.43. The molecule has 2 aromatic rings. The SMILES string of the molecule is Nc1ccc2oc(C(=O)C3CCC3)nc2c1. The van der Waals surface area contributed by atoms with E-state index in [4.69, 9.17) is 10.2 Å². The molecule has 0 amide bonds. The van der Waals surface area contributed by atoms with Gasteiger partial charge in [-0.3, -0.25) is 4.79 Å². The van der Waals surface area contributed by atoms with Crippen LogP contribution in [-0.2, 0) is 0 Å². The van der Waals surface area contributed by atoms with Gasteiger partial charge in [0.15, 0.2) is 5.58 Å². The minimum atomic E-state index is 0.0287. The van der Waals surface area contributed by atoms with Crippen LogP contribution in [-0.4, -0.2) is 10.8 Å². The smallest absolute Gasteiger partial charge is 0.264 e. The maximum atomic E-state index is 11.9. The van der Waals surface area contributed by atoms with Crippen molar-refractivity contribution in [3.63, 3.8) is 0 Å². The minimum absolute atomic E-state index is 0.0287. The number of nitrogen functional groups attached to an aromatic ring is 1. The molecule has 0 aliphatic heterocycles. The Hall–Kier alpha value is -1.84. The molecule has 16 heavy (non-hydrogen) atoms. The van der Waals surface area contributed by atoms with Crippen LogP contribution in [0.2, 0.25) is 0 Å². The first-order valence-electron chi connectivity index (χ1n) is 5.44. The molecule has 1 fully saturated rings. The zero-order chi connectivity index (χ0) is 11.1. The molecular weight excluding hydrogens is 204 g/mol. The molecule has 0 unspecified atom stereocenters. The summed E-state index contributed by atoms with van der Waals surface area (Å²) in [6.07, 6.45) is 3.04. The van der Waals surface area contributed by atoms with Crippen LogP contribution in [0, 0.1) is 5.92 Å². The Morgan fingerprint density at radius 1 is 1.44 bits per heavy atom. The normalized spacial score (nSPS) is 16.2. The highest BCUT2D eigenvalue weighted by molar-refractivity contribution is 5.96. The quantitative estimate of drug-likeness (QED) is 0.618. The number of benzene rings is 1. The molecule has 82 valence electrons. The van der Waals surface area contributed by atoms with Gasteiger partial charge in [-0.2, -0.15) is 0 Å². The van der Waals surface area contributed by atoms with Gasteiger partial charge in [0.05, 0.1) is 0 Å². The largest absolute Gasteiger partial charge is 0.434 e. The average Bonchev–Trinajstić information content (AvgIpc) is 2.57. The van der Waals surface area contributed by atoms with Crippen molar-refractivity contribution in [2.45, 2.75) is 19.3 Å². The second kappa shape index (κ2) is 3.33. The Labute approximate surface area is 92.4 Å². The van der Waals surface area contributed by atoms with Gasteiger partial charge in [-0.25, -0.2) is 4.98 Å². The van der Waals surface area contributed by atoms with Crippen molar-refractivity contribution >= 4 is 22.6 Å². The summed E-state index contributed by atoms with van der Waals surface area (Å²) in [5.74, 6) is 0.372. The third kappa shape index (κ3) is 1.38. The number of hydrogen-bond acceptors (Lipinski definition) is 4. The summed E-state index contributed by atoms with van der Waals surface area (Å²) >= 11 is 0. The van der Waals surface area contributed by atoms with Crippen molar-refractivity contribution in [2.75, 3.05) is 5.73 Å². The zero-order valence-electron chi connectivity index (χ0n) is 8.77. The molecule has 0 bridgehead atoms. The first-order chi connectivity index (χ1) is 7.74. The second-order valence-electron chi connectivity index (χ2n) is 4.24. The van der Waals surface area contributed by atoms with Gasteiger partial charge in [-0.1, -0.05) is 6.42 Å². The Kier molecular flexibility index (Phi) is 1.96. The Morgan fingerprint density at radius 3 is 2.94 bits per heavy atom. The van der Waals surface area contributed by atoms with E-state index < -0.39 is 0 Å². The number of aromatic nitrogens is 1. The molecular formula is C12H12N2O2. The lowest BCUT2D eigenvalue weighted by molar-refractivity contribution is 0.0820. The molecule has 4 heteroatoms. The van der Waals surface area contributed by atoms with E-state index in [2.05, 4.69) is 4.98 Å². The summed E-state index contributed by atoms with van der Waals surface area (Å²) in [6, 6.07) is 5.21. The standard InChI is InChI=1S/C12H12N2O2/c13-8-4-5-10-9(6-8)14-12(16-10)11(15)7-2-1-3-7/h4-7H,1-3,13H2. The number of rotatable bonds is 2. The predicted molar refractivity (Wildman–Crippen MR) is 60.1 cm³/mol. The van der Waals surface area contributed by atoms with Gasteiger partial charge in [0.1, 0.15) is 5.52 Å². The van der Waals surface area contributed by atoms with E-state index in [0.717, 1.165) is 19.3 Å². The molecule has 3 rings (SSSR count). The zero-order valence-corrected chi connectivity index (χ0v) is 8.77. The monoisotopic (exact) mass is 216 g/mol. The minimum Gasteiger partial charge on any atom is -0.434 e. The summed E-state index contributed by atoms with van der Waals surface area (Å²) in [4.78, 5) is 16.1. The Balaban J connectivity index is 2.01. The fraction of sp³-hybridized carbons (Fsp3) is 0.333. The number of carbonyl (C=O) groups is 1. The van der Waals surface area contributed by atoms with Crippen molar-refractivity contribution in [3.8, 4) is 0 Å². The van der Waals surface area contributed by atoms with Gasteiger partial charge < -0.3 is 10.2 Å². The van der Waals surface area contributed by atoms with Crippen molar-refractivity contribution in [1.82, 2.24) is 4.98 Å². The fourth-order valence-corrected chi connectivity index (χ4v) is 1.89. The van der Waals surface area contributed by atoms with Crippen LogP contribution in [0.3, 0.4) is 0 Å². The summed E-state index contributed by atoms with van der Waals surface area (Å²) in [6.45, 7) is 0. The van der Waals surface area contributed by atoms with E-state index in [-0.39, 0.29) is 17.6 Å². The van der Waals surface area contributed by atoms with Crippen molar-refractivity contribution < 1.29 is 9.21 Å². The van der Waals surface area contributed by atoms with Gasteiger partial charge in [-0.15, -0.1) is 0 Å². The molecule has 2 N–H and O–H groups in total. The van der Waals surface area contributed by atoms with Crippen molar-refractivity contribution in [1.29, 1.82) is 0 Å². The molecule has 1 aromatic carbocycles. The third-order valence-corrected chi connectivity index (χ3v) is 3.10. The molecule has 1 aromatic heterocycles. The van der Waals surface area contributed by atoms with E-state index >= 15 is 0 Å². The number of nitrogens with zero attached hydrogens (tertiary/aromatic N) is 1. The van der Waals surface area contributed by atoms with Gasteiger partial charge >= 0.3 is 0 Å². The number of carbonyl (C=O) groups excluding carboxylic acids is 1. The molecule has 0 atom stereocenters. The molecule has 4 nitrogen and oxygen atoms in total. The first-order valence-corrected chi connectivity index (χ1v) is 5.44. The van der Waals surface area contributed by atoms with E-state index in [9.17, 15) is 4.79 Å². The number of nitrogens with two attached hydrogens (primary N) is 1. The molecule has 1 aliphatic carbocycles. The number of anilines is 1. The van der Waals surface area contributed by atoms with E-state index in [1.54, 1.807) is 18.2 Å². The molecule has 0 saturated heterocycles. The van der Waals surface area contributed by atoms with Crippen LogP contribution < -0.4 is 5.73 Å². The van der Waals surface area contributed by atoms with Crippen LogP contribution in [0.4, 0.5) is 5.69 Å². The molecule has 1 heterocycles. The van der Waals surface area contributed by atoms with Gasteiger partial charge in [-0.05, 0) is 31.0 Å². The first kappa shape index (κ1) is 9.39. The van der Waals surface area contributed by atoms with Crippen LogP contribution in [0.5, 0.6) is 0 Å². The van der Waals surface area contributed by atoms with Gasteiger partial charge in [0, 0.05) is 11.6 Å². The molecule has 0 spiro atoms. The number of oxazole rings is 1. The molecule has 0 radical (unpaired) electrons.